The number of amides is 1. The Morgan fingerprint density at radius 2 is 1.67 bits per heavy atom. The molecule has 150 valence electrons. The third-order valence-corrected chi connectivity index (χ3v) is 5.74. The fourth-order valence-corrected chi connectivity index (χ4v) is 4.13. The molecule has 0 unspecified atom stereocenters. The van der Waals surface area contributed by atoms with E-state index < -0.39 is 11.7 Å². The summed E-state index contributed by atoms with van der Waals surface area (Å²) in [6, 6.07) is 4.77. The van der Waals surface area contributed by atoms with Crippen LogP contribution in [0.4, 0.5) is 13.2 Å². The molecular formula is C20H27F3N2O2. The van der Waals surface area contributed by atoms with Crippen LogP contribution in [0.1, 0.15) is 30.4 Å². The molecule has 1 aromatic rings. The predicted molar refractivity (Wildman–Crippen MR) is 96.1 cm³/mol. The van der Waals surface area contributed by atoms with E-state index in [-0.39, 0.29) is 30.8 Å². The van der Waals surface area contributed by atoms with Crippen molar-refractivity contribution in [3.05, 3.63) is 35.4 Å². The Hall–Kier alpha value is -1.60. The number of carbonyl (C=O) groups excluding carboxylic acids is 1. The molecule has 0 aliphatic carbocycles. The lowest BCUT2D eigenvalue weighted by Gasteiger charge is -2.30. The molecule has 0 bridgehead atoms. The molecule has 2 atom stereocenters. The van der Waals surface area contributed by atoms with Crippen molar-refractivity contribution in [1.29, 1.82) is 0 Å². The van der Waals surface area contributed by atoms with Crippen molar-refractivity contribution in [3.8, 4) is 0 Å². The number of benzene rings is 1. The zero-order chi connectivity index (χ0) is 19.4. The smallest absolute Gasteiger partial charge is 0.396 e. The number of hydrogen-bond acceptors (Lipinski definition) is 3. The van der Waals surface area contributed by atoms with Crippen LogP contribution in [-0.2, 0) is 17.4 Å². The minimum atomic E-state index is -4.37. The maximum absolute atomic E-state index is 12.6. The van der Waals surface area contributed by atoms with Gasteiger partial charge in [-0.3, -0.25) is 4.79 Å². The van der Waals surface area contributed by atoms with E-state index in [1.54, 1.807) is 4.90 Å². The highest BCUT2D eigenvalue weighted by Gasteiger charge is 2.36. The summed E-state index contributed by atoms with van der Waals surface area (Å²) in [5.41, 5.74) is -0.130. The van der Waals surface area contributed by atoms with Gasteiger partial charge in [0, 0.05) is 32.2 Å². The highest BCUT2D eigenvalue weighted by molar-refractivity contribution is 5.79. The fraction of sp³-hybridized carbons (Fsp3) is 0.650. The van der Waals surface area contributed by atoms with Gasteiger partial charge in [-0.1, -0.05) is 18.6 Å². The first-order valence-electron chi connectivity index (χ1n) is 9.64. The minimum Gasteiger partial charge on any atom is -0.396 e. The summed E-state index contributed by atoms with van der Waals surface area (Å²) in [7, 11) is 0. The van der Waals surface area contributed by atoms with Crippen molar-refractivity contribution >= 4 is 5.91 Å². The second-order valence-corrected chi connectivity index (χ2v) is 7.73. The van der Waals surface area contributed by atoms with Crippen LogP contribution in [0.25, 0.3) is 0 Å². The Kier molecular flexibility index (Phi) is 6.42. The van der Waals surface area contributed by atoms with Gasteiger partial charge in [0.15, 0.2) is 0 Å². The molecule has 27 heavy (non-hydrogen) atoms. The average molecular weight is 384 g/mol. The topological polar surface area (TPSA) is 43.8 Å². The van der Waals surface area contributed by atoms with E-state index in [4.69, 9.17) is 0 Å². The van der Waals surface area contributed by atoms with Gasteiger partial charge >= 0.3 is 6.18 Å². The van der Waals surface area contributed by atoms with Gasteiger partial charge in [-0.15, -0.1) is 0 Å². The molecule has 2 fully saturated rings. The maximum Gasteiger partial charge on any atom is 0.416 e. The lowest BCUT2D eigenvalue weighted by molar-refractivity contribution is -0.137. The van der Waals surface area contributed by atoms with Crippen molar-refractivity contribution in [2.75, 3.05) is 39.3 Å². The van der Waals surface area contributed by atoms with Gasteiger partial charge in [0.05, 0.1) is 12.0 Å². The van der Waals surface area contributed by atoms with Crippen molar-refractivity contribution in [2.24, 2.45) is 11.8 Å². The van der Waals surface area contributed by atoms with E-state index in [2.05, 4.69) is 4.90 Å². The van der Waals surface area contributed by atoms with Crippen LogP contribution in [0.5, 0.6) is 0 Å². The summed E-state index contributed by atoms with van der Waals surface area (Å²) in [5.74, 6) is 0.238. The van der Waals surface area contributed by atoms with Crippen LogP contribution < -0.4 is 0 Å². The number of likely N-dealkylation sites (tertiary alicyclic amines) is 2. The Balaban J connectivity index is 1.56. The Morgan fingerprint density at radius 1 is 1.04 bits per heavy atom. The van der Waals surface area contributed by atoms with Gasteiger partial charge in [0.2, 0.25) is 5.91 Å². The summed E-state index contributed by atoms with van der Waals surface area (Å²) < 4.78 is 37.9. The van der Waals surface area contributed by atoms with Gasteiger partial charge < -0.3 is 14.9 Å². The van der Waals surface area contributed by atoms with E-state index in [1.165, 1.54) is 31.4 Å². The van der Waals surface area contributed by atoms with Gasteiger partial charge in [0.25, 0.3) is 0 Å². The van der Waals surface area contributed by atoms with Crippen molar-refractivity contribution < 1.29 is 23.1 Å². The highest BCUT2D eigenvalue weighted by Crippen LogP contribution is 2.30. The molecule has 0 radical (unpaired) electrons. The number of hydrogen-bond donors (Lipinski definition) is 1. The molecule has 2 heterocycles. The molecule has 0 spiro atoms. The highest BCUT2D eigenvalue weighted by atomic mass is 19.4. The molecule has 1 aromatic carbocycles. The predicted octanol–water partition coefficient (Wildman–Crippen LogP) is 2.80. The first-order chi connectivity index (χ1) is 12.9. The fourth-order valence-electron chi connectivity index (χ4n) is 4.13. The van der Waals surface area contributed by atoms with Crippen LogP contribution in [0, 0.1) is 11.8 Å². The number of rotatable bonds is 5. The van der Waals surface area contributed by atoms with Crippen LogP contribution >= 0.6 is 0 Å². The SMILES string of the molecule is O=C(Cc1ccc(C(F)(F)F)cc1)N1C[C@@H](CN2CCCCC2)[C@@H](CO)C1. The number of alkyl halides is 3. The molecule has 2 aliphatic heterocycles. The summed E-state index contributed by atoms with van der Waals surface area (Å²) in [5, 5.41) is 9.70. The molecule has 3 rings (SSSR count). The quantitative estimate of drug-likeness (QED) is 0.849. The second kappa shape index (κ2) is 8.61. The Morgan fingerprint density at radius 3 is 2.26 bits per heavy atom. The molecule has 0 saturated carbocycles. The number of nitrogens with zero attached hydrogens (tertiary/aromatic N) is 2. The zero-order valence-electron chi connectivity index (χ0n) is 15.4. The standard InChI is InChI=1S/C20H27F3N2O2/c21-20(22,23)18-6-4-15(5-7-18)10-19(27)25-12-16(17(13-25)14-26)11-24-8-2-1-3-9-24/h4-7,16-17,26H,1-3,8-14H2/t16-,17-/m1/s1. The van der Waals surface area contributed by atoms with Gasteiger partial charge in [-0.2, -0.15) is 13.2 Å². The summed E-state index contributed by atoms with van der Waals surface area (Å²) >= 11 is 0. The first kappa shape index (κ1) is 20.1. The summed E-state index contributed by atoms with van der Waals surface area (Å²) in [4.78, 5) is 16.8. The summed E-state index contributed by atoms with van der Waals surface area (Å²) in [6.07, 6.45) is -0.608. The minimum absolute atomic E-state index is 0.0581. The zero-order valence-corrected chi connectivity index (χ0v) is 15.4. The van der Waals surface area contributed by atoms with E-state index in [1.807, 2.05) is 0 Å². The summed E-state index contributed by atoms with van der Waals surface area (Å²) in [6.45, 7) is 4.25. The van der Waals surface area contributed by atoms with Crippen molar-refractivity contribution in [2.45, 2.75) is 31.9 Å². The van der Waals surface area contributed by atoms with Crippen LogP contribution in [0.2, 0.25) is 0 Å². The number of carbonyl (C=O) groups is 1. The molecule has 1 N–H and O–H groups in total. The van der Waals surface area contributed by atoms with Gasteiger partial charge in [0.1, 0.15) is 0 Å². The first-order valence-corrected chi connectivity index (χ1v) is 9.64. The van der Waals surface area contributed by atoms with Gasteiger partial charge in [-0.25, -0.2) is 0 Å². The normalized spacial score (nSPS) is 24.4. The molecular weight excluding hydrogens is 357 g/mol. The molecule has 2 aliphatic rings. The average Bonchev–Trinajstić information content (AvgIpc) is 3.05. The Bertz CT molecular complexity index is 627. The van der Waals surface area contributed by atoms with Crippen LogP contribution in [-0.4, -0.2) is 60.1 Å². The molecule has 2 saturated heterocycles. The van der Waals surface area contributed by atoms with Crippen molar-refractivity contribution in [3.63, 3.8) is 0 Å². The largest absolute Gasteiger partial charge is 0.416 e. The number of aliphatic hydroxyl groups excluding tert-OH is 1. The number of piperidine rings is 1. The monoisotopic (exact) mass is 384 g/mol. The maximum atomic E-state index is 12.6. The van der Waals surface area contributed by atoms with Gasteiger partial charge in [-0.05, 0) is 49.5 Å². The Labute approximate surface area is 158 Å². The van der Waals surface area contributed by atoms with E-state index >= 15 is 0 Å². The second-order valence-electron chi connectivity index (χ2n) is 7.73. The van der Waals surface area contributed by atoms with Crippen LogP contribution in [0.15, 0.2) is 24.3 Å². The van der Waals surface area contributed by atoms with E-state index in [0.717, 1.165) is 31.8 Å². The lowest BCUT2D eigenvalue weighted by atomic mass is 9.95. The molecule has 7 heteroatoms. The third-order valence-electron chi connectivity index (χ3n) is 5.74. The number of aliphatic hydroxyl groups is 1. The van der Waals surface area contributed by atoms with E-state index in [9.17, 15) is 23.1 Å². The third kappa shape index (κ3) is 5.23. The molecule has 1 amide bonds. The lowest BCUT2D eigenvalue weighted by Crippen LogP contribution is -2.37. The molecule has 0 aromatic heterocycles. The molecule has 4 nitrogen and oxygen atoms in total. The van der Waals surface area contributed by atoms with Crippen molar-refractivity contribution in [1.82, 2.24) is 9.80 Å². The number of halogens is 3. The van der Waals surface area contributed by atoms with E-state index in [0.29, 0.717) is 18.7 Å². The van der Waals surface area contributed by atoms with Crippen LogP contribution in [0.3, 0.4) is 0 Å².